The molecule has 0 saturated heterocycles. The van der Waals surface area contributed by atoms with Gasteiger partial charge in [0.05, 0.1) is 0 Å². The van der Waals surface area contributed by atoms with Crippen LogP contribution in [0.25, 0.3) is 0 Å². The highest BCUT2D eigenvalue weighted by Crippen LogP contribution is 2.43. The van der Waals surface area contributed by atoms with Crippen LogP contribution < -0.4 is 10.6 Å². The predicted octanol–water partition coefficient (Wildman–Crippen LogP) is 3.22. The van der Waals surface area contributed by atoms with Gasteiger partial charge in [-0.2, -0.15) is 0 Å². The third-order valence-electron chi connectivity index (χ3n) is 3.63. The fourth-order valence-corrected chi connectivity index (χ4v) is 2.32. The Morgan fingerprint density at radius 3 is 2.71 bits per heavy atom. The van der Waals surface area contributed by atoms with Crippen molar-refractivity contribution in [1.82, 2.24) is 5.32 Å². The predicted molar refractivity (Wildman–Crippen MR) is 71.4 cm³/mol. The molecule has 1 aromatic rings. The molecule has 2 N–H and O–H groups in total. The summed E-state index contributed by atoms with van der Waals surface area (Å²) in [5.74, 6) is 1.32. The smallest absolute Gasteiger partial charge is 0.312 e. The van der Waals surface area contributed by atoms with E-state index in [1.54, 1.807) is 0 Å². The third-order valence-corrected chi connectivity index (χ3v) is 3.63. The summed E-state index contributed by atoms with van der Waals surface area (Å²) in [5.41, 5.74) is -2.12. The second-order valence-corrected chi connectivity index (χ2v) is 5.45. The number of fused-ring (bicyclic) bond motifs is 1. The minimum absolute atomic E-state index is 0.0530. The molecule has 0 bridgehead atoms. The summed E-state index contributed by atoms with van der Waals surface area (Å²) < 4.78 is 42.0. The van der Waals surface area contributed by atoms with Gasteiger partial charge in [0, 0.05) is 24.1 Å². The number of hydrogen-bond donors (Lipinski definition) is 2. The maximum Gasteiger partial charge on any atom is 0.320 e. The number of benzene rings is 1. The molecule has 3 rings (SSSR count). The van der Waals surface area contributed by atoms with E-state index in [0.29, 0.717) is 6.92 Å². The van der Waals surface area contributed by atoms with Gasteiger partial charge in [-0.05, 0) is 31.0 Å². The van der Waals surface area contributed by atoms with E-state index in [0.717, 1.165) is 25.0 Å². The first kappa shape index (κ1) is 13.8. The first-order chi connectivity index (χ1) is 9.82. The molecule has 1 aromatic carbocycles. The van der Waals surface area contributed by atoms with Crippen molar-refractivity contribution in [2.45, 2.75) is 31.2 Å². The zero-order valence-corrected chi connectivity index (χ0v) is 11.3. The number of amides is 2. The number of halogens is 3. The van der Waals surface area contributed by atoms with Gasteiger partial charge < -0.3 is 10.6 Å². The van der Waals surface area contributed by atoms with Crippen LogP contribution in [0.15, 0.2) is 18.2 Å². The summed E-state index contributed by atoms with van der Waals surface area (Å²) in [6, 6.07) is 2.58. The minimum Gasteiger partial charge on any atom is -0.312 e. The van der Waals surface area contributed by atoms with Crippen LogP contribution in [0, 0.1) is 23.6 Å². The van der Waals surface area contributed by atoms with Gasteiger partial charge in [-0.3, -0.25) is 0 Å². The molecule has 1 unspecified atom stereocenters. The maximum absolute atomic E-state index is 14.3. The summed E-state index contributed by atoms with van der Waals surface area (Å²) >= 11 is 0. The molecule has 3 nitrogen and oxygen atoms in total. The Kier molecular flexibility index (Phi) is 2.90. The molecule has 21 heavy (non-hydrogen) atoms. The van der Waals surface area contributed by atoms with Crippen LogP contribution in [0.3, 0.4) is 0 Å². The molecular formula is C15H13F3N2O. The highest BCUT2D eigenvalue weighted by atomic mass is 19.3. The van der Waals surface area contributed by atoms with Crippen LogP contribution >= 0.6 is 0 Å². The number of hydrogen-bond acceptors (Lipinski definition) is 1. The molecule has 0 spiro atoms. The van der Waals surface area contributed by atoms with Gasteiger partial charge in [-0.15, -0.1) is 0 Å². The summed E-state index contributed by atoms with van der Waals surface area (Å²) in [7, 11) is 0. The Morgan fingerprint density at radius 2 is 2.10 bits per heavy atom. The second-order valence-electron chi connectivity index (χ2n) is 5.45. The Hall–Kier alpha value is -2.16. The van der Waals surface area contributed by atoms with Crippen molar-refractivity contribution < 1.29 is 18.0 Å². The monoisotopic (exact) mass is 294 g/mol. The number of carbonyl (C=O) groups excluding carboxylic acids is 1. The van der Waals surface area contributed by atoms with Crippen LogP contribution in [0.1, 0.15) is 25.3 Å². The largest absolute Gasteiger partial charge is 0.320 e. The number of alkyl halides is 2. The lowest BCUT2D eigenvalue weighted by molar-refractivity contribution is -0.0465. The van der Waals surface area contributed by atoms with Gasteiger partial charge in [-0.25, -0.2) is 18.0 Å². The van der Waals surface area contributed by atoms with Gasteiger partial charge in [-0.1, -0.05) is 11.8 Å². The van der Waals surface area contributed by atoms with Crippen LogP contribution in [0.4, 0.5) is 23.7 Å². The molecule has 6 heteroatoms. The molecule has 2 amide bonds. The lowest BCUT2D eigenvalue weighted by atomic mass is 9.82. The number of nitrogens with one attached hydrogen (secondary N) is 2. The van der Waals surface area contributed by atoms with Gasteiger partial charge in [0.2, 0.25) is 0 Å². The highest BCUT2D eigenvalue weighted by molar-refractivity contribution is 5.94. The van der Waals surface area contributed by atoms with E-state index < -0.39 is 23.3 Å². The molecule has 1 heterocycles. The van der Waals surface area contributed by atoms with Gasteiger partial charge in [0.25, 0.3) is 5.92 Å². The van der Waals surface area contributed by atoms with Gasteiger partial charge in [0.1, 0.15) is 5.82 Å². The molecule has 0 radical (unpaired) electrons. The minimum atomic E-state index is -3.37. The second kappa shape index (κ2) is 4.42. The highest BCUT2D eigenvalue weighted by Gasteiger charge is 2.55. The Morgan fingerprint density at radius 1 is 1.38 bits per heavy atom. The van der Waals surface area contributed by atoms with Crippen molar-refractivity contribution in [3.63, 3.8) is 0 Å². The maximum atomic E-state index is 14.3. The molecule has 1 aliphatic heterocycles. The summed E-state index contributed by atoms with van der Waals surface area (Å²) in [5, 5.41) is 4.60. The number of urea groups is 1. The molecule has 1 saturated carbocycles. The fraction of sp³-hybridized carbons (Fsp3) is 0.400. The van der Waals surface area contributed by atoms with Gasteiger partial charge in [0.15, 0.2) is 5.54 Å². The van der Waals surface area contributed by atoms with Gasteiger partial charge >= 0.3 is 6.03 Å². The lowest BCUT2D eigenvalue weighted by Gasteiger charge is -2.39. The standard InChI is InChI=1S/C15H13F3N2O/c1-14(17,18)15(7-6-9-2-3-9)11-8-10(16)4-5-12(11)19-13(21)20-15/h4-5,8-9H,2-3H2,1H3,(H2,19,20,21). The average Bonchev–Trinajstić information content (AvgIpc) is 3.19. The van der Waals surface area contributed by atoms with E-state index in [-0.39, 0.29) is 17.2 Å². The van der Waals surface area contributed by atoms with E-state index in [9.17, 15) is 18.0 Å². The van der Waals surface area contributed by atoms with Crippen molar-refractivity contribution in [2.75, 3.05) is 5.32 Å². The first-order valence-corrected chi connectivity index (χ1v) is 6.61. The van der Waals surface area contributed by atoms with Crippen molar-refractivity contribution in [2.24, 2.45) is 5.92 Å². The Bertz CT molecular complexity index is 668. The normalized spacial score (nSPS) is 24.3. The van der Waals surface area contributed by atoms with Crippen LogP contribution in [-0.2, 0) is 5.54 Å². The van der Waals surface area contributed by atoms with E-state index in [1.807, 2.05) is 0 Å². The molecule has 1 atom stereocenters. The Labute approximate surface area is 119 Å². The fourth-order valence-electron chi connectivity index (χ4n) is 2.32. The van der Waals surface area contributed by atoms with E-state index in [2.05, 4.69) is 22.5 Å². The number of carbonyl (C=O) groups is 1. The van der Waals surface area contributed by atoms with Crippen LogP contribution in [-0.4, -0.2) is 12.0 Å². The SMILES string of the molecule is CC(F)(F)C1(C#CC2CC2)NC(=O)Nc2ccc(F)cc21. The zero-order chi connectivity index (χ0) is 15.3. The molecule has 110 valence electrons. The molecule has 1 aliphatic carbocycles. The molecule has 2 aliphatic rings. The Balaban J connectivity index is 2.22. The first-order valence-electron chi connectivity index (χ1n) is 6.61. The summed E-state index contributed by atoms with van der Waals surface area (Å²) in [6.45, 7) is 0.675. The average molecular weight is 294 g/mol. The van der Waals surface area contributed by atoms with E-state index in [1.165, 1.54) is 6.07 Å². The van der Waals surface area contributed by atoms with Crippen molar-refractivity contribution >= 4 is 11.7 Å². The number of rotatable bonds is 1. The van der Waals surface area contributed by atoms with Crippen molar-refractivity contribution in [1.29, 1.82) is 0 Å². The van der Waals surface area contributed by atoms with Crippen molar-refractivity contribution in [3.05, 3.63) is 29.6 Å². The lowest BCUT2D eigenvalue weighted by Crippen LogP contribution is -2.59. The van der Waals surface area contributed by atoms with E-state index >= 15 is 0 Å². The summed E-state index contributed by atoms with van der Waals surface area (Å²) in [4.78, 5) is 11.7. The topological polar surface area (TPSA) is 41.1 Å². The van der Waals surface area contributed by atoms with Crippen LogP contribution in [0.2, 0.25) is 0 Å². The zero-order valence-electron chi connectivity index (χ0n) is 11.3. The molecular weight excluding hydrogens is 281 g/mol. The van der Waals surface area contributed by atoms with Crippen molar-refractivity contribution in [3.8, 4) is 11.8 Å². The molecule has 0 aromatic heterocycles. The van der Waals surface area contributed by atoms with Crippen LogP contribution in [0.5, 0.6) is 0 Å². The quantitative estimate of drug-likeness (QED) is 0.767. The summed E-state index contributed by atoms with van der Waals surface area (Å²) in [6.07, 6.45) is 1.72. The third kappa shape index (κ3) is 2.33. The molecule has 1 fully saturated rings. The van der Waals surface area contributed by atoms with E-state index in [4.69, 9.17) is 0 Å². The number of anilines is 1.